The highest BCUT2D eigenvalue weighted by atomic mass is 19.1. The van der Waals surface area contributed by atoms with Crippen LogP contribution in [0.3, 0.4) is 0 Å². The summed E-state index contributed by atoms with van der Waals surface area (Å²) in [5.74, 6) is 2.77. The van der Waals surface area contributed by atoms with Crippen LogP contribution in [0.15, 0.2) is 18.3 Å². The Morgan fingerprint density at radius 2 is 2.26 bits per heavy atom. The fraction of sp³-hybridized carbons (Fsp3) is 0.222. The summed E-state index contributed by atoms with van der Waals surface area (Å²) in [6.45, 7) is 4.64. The predicted molar refractivity (Wildman–Crippen MR) is 91.3 cm³/mol. The van der Waals surface area contributed by atoms with Crippen LogP contribution >= 0.6 is 0 Å². The van der Waals surface area contributed by atoms with Gasteiger partial charge in [-0.1, -0.05) is 5.92 Å². The summed E-state index contributed by atoms with van der Waals surface area (Å²) in [5.41, 5.74) is 3.47. The van der Waals surface area contributed by atoms with Crippen LogP contribution in [0, 0.1) is 17.7 Å². The minimum absolute atomic E-state index is 0.0657. The zero-order valence-corrected chi connectivity index (χ0v) is 14.3. The normalized spacial score (nSPS) is 14.3. The summed E-state index contributed by atoms with van der Waals surface area (Å²) in [7, 11) is 0. The number of halogens is 1. The third kappa shape index (κ3) is 3.43. The first-order chi connectivity index (χ1) is 12.7. The molecule has 8 nitrogen and oxygen atoms in total. The van der Waals surface area contributed by atoms with E-state index in [2.05, 4.69) is 28.0 Å². The Labute approximate surface area is 153 Å². The first-order valence-corrected chi connectivity index (χ1v) is 7.78. The quantitative estimate of drug-likeness (QED) is 0.576. The molecule has 1 aromatic heterocycles. The van der Waals surface area contributed by atoms with Crippen LogP contribution in [-0.2, 0) is 15.8 Å². The monoisotopic (exact) mass is 372 g/mol. The number of nitrogens with zero attached hydrogens (tertiary/aromatic N) is 2. The number of primary amides is 1. The minimum atomic E-state index is -2.16. The second-order valence-electron chi connectivity index (χ2n) is 5.94. The Morgan fingerprint density at radius 1 is 1.52 bits per heavy atom. The molecule has 1 unspecified atom stereocenters. The van der Waals surface area contributed by atoms with E-state index in [1.165, 1.54) is 12.3 Å². The third-order valence-electron chi connectivity index (χ3n) is 3.90. The number of fused-ring (bicyclic) bond motifs is 3. The number of hydrogen-bond acceptors (Lipinski definition) is 5. The Hall–Kier alpha value is -3.51. The molecule has 0 radical (unpaired) electrons. The van der Waals surface area contributed by atoms with Gasteiger partial charge in [-0.2, -0.15) is 0 Å². The van der Waals surface area contributed by atoms with Gasteiger partial charge in [-0.15, -0.1) is 0 Å². The molecule has 1 aliphatic heterocycles. The number of aromatic nitrogens is 2. The average molecular weight is 372 g/mol. The first kappa shape index (κ1) is 18.3. The molecule has 27 heavy (non-hydrogen) atoms. The largest absolute Gasteiger partial charge is 0.623 e. The van der Waals surface area contributed by atoms with Crippen LogP contribution in [0.2, 0.25) is 0 Å². The number of hydrogen-bond donors (Lipinski definition) is 2. The van der Waals surface area contributed by atoms with Crippen molar-refractivity contribution in [1.29, 1.82) is 0 Å². The highest BCUT2D eigenvalue weighted by Gasteiger charge is 2.39. The molecule has 2 aromatic rings. The number of aliphatic hydroxyl groups is 1. The van der Waals surface area contributed by atoms with Crippen molar-refractivity contribution in [2.75, 3.05) is 6.61 Å². The minimum Gasteiger partial charge on any atom is -0.491 e. The van der Waals surface area contributed by atoms with Crippen LogP contribution in [0.25, 0.3) is 11.4 Å². The van der Waals surface area contributed by atoms with E-state index in [9.17, 15) is 19.1 Å². The lowest BCUT2D eigenvalue weighted by atomic mass is 10.1. The molecular weight excluding hydrogens is 357 g/mol. The lowest BCUT2D eigenvalue weighted by Gasteiger charge is -2.08. The molecule has 9 heteroatoms. The lowest BCUT2D eigenvalue weighted by molar-refractivity contribution is -0.379. The van der Waals surface area contributed by atoms with Crippen molar-refractivity contribution >= 4 is 18.7 Å². The Balaban J connectivity index is 2.12. The van der Waals surface area contributed by atoms with E-state index < -0.39 is 23.3 Å². The molecule has 1 aromatic carbocycles. The number of nitrogens with two attached hydrogens (primary N) is 1. The molecule has 138 valence electrons. The maximum atomic E-state index is 14.4. The number of carbonyl (C=O) groups excluding carboxylic acids is 3. The first-order valence-electron chi connectivity index (χ1n) is 7.78. The van der Waals surface area contributed by atoms with Crippen LogP contribution in [-0.4, -0.2) is 45.5 Å². The van der Waals surface area contributed by atoms with Gasteiger partial charge in [0.1, 0.15) is 29.7 Å². The van der Waals surface area contributed by atoms with Crippen molar-refractivity contribution in [3.63, 3.8) is 0 Å². The molecule has 0 spiro atoms. The van der Waals surface area contributed by atoms with Crippen molar-refractivity contribution in [3.8, 4) is 29.0 Å². The van der Waals surface area contributed by atoms with Crippen LogP contribution in [0.5, 0.6) is 5.75 Å². The highest BCUT2D eigenvalue weighted by Crippen LogP contribution is 2.34. The number of benzene rings is 1. The van der Waals surface area contributed by atoms with Gasteiger partial charge in [0.05, 0.1) is 22.5 Å². The van der Waals surface area contributed by atoms with Gasteiger partial charge in [-0.05, 0) is 18.9 Å². The van der Waals surface area contributed by atoms with E-state index in [0.717, 1.165) is 13.0 Å². The summed E-state index contributed by atoms with van der Waals surface area (Å²) in [6, 6.07) is 2.49. The van der Waals surface area contributed by atoms with Gasteiger partial charge >= 0.3 is 5.97 Å². The molecule has 1 atom stereocenters. The summed E-state index contributed by atoms with van der Waals surface area (Å²) >= 11 is 0. The lowest BCUT2D eigenvalue weighted by Crippen LogP contribution is -2.33. The average Bonchev–Trinajstić information content (AvgIpc) is 2.97. The van der Waals surface area contributed by atoms with Gasteiger partial charge < -0.3 is 20.1 Å². The summed E-state index contributed by atoms with van der Waals surface area (Å²) in [6.07, 6.45) is 1.49. The Morgan fingerprint density at radius 3 is 2.93 bits per heavy atom. The zero-order chi connectivity index (χ0) is 19.8. The van der Waals surface area contributed by atoms with Crippen molar-refractivity contribution in [2.24, 2.45) is 5.73 Å². The molecule has 3 rings (SSSR count). The third-order valence-corrected chi connectivity index (χ3v) is 3.90. The van der Waals surface area contributed by atoms with E-state index in [1.54, 1.807) is 4.57 Å². The highest BCUT2D eigenvalue weighted by molar-refractivity contribution is 5.91. The molecule has 0 aliphatic carbocycles. The summed E-state index contributed by atoms with van der Waals surface area (Å²) < 4.78 is 25.8. The van der Waals surface area contributed by atoms with Crippen LogP contribution < -0.4 is 10.5 Å². The summed E-state index contributed by atoms with van der Waals surface area (Å²) in [4.78, 5) is 27.0. The molecule has 0 saturated heterocycles. The second-order valence-corrected chi connectivity index (χ2v) is 5.94. The zero-order valence-electron chi connectivity index (χ0n) is 14.3. The molecule has 0 fully saturated rings. The molecule has 1 aliphatic rings. The second kappa shape index (κ2) is 6.66. The summed E-state index contributed by atoms with van der Waals surface area (Å²) in [5, 5.41) is 9.94. The van der Waals surface area contributed by atoms with E-state index in [4.69, 9.17) is 10.5 Å². The smallest absolute Gasteiger partial charge is 0.491 e. The van der Waals surface area contributed by atoms with Crippen molar-refractivity contribution in [1.82, 2.24) is 9.55 Å². The maximum Gasteiger partial charge on any atom is 0.623 e. The number of imidazole rings is 1. The van der Waals surface area contributed by atoms with Crippen molar-refractivity contribution in [3.05, 3.63) is 35.4 Å². The van der Waals surface area contributed by atoms with Crippen molar-refractivity contribution in [2.45, 2.75) is 19.1 Å². The van der Waals surface area contributed by atoms with Crippen LogP contribution in [0.4, 0.5) is 4.39 Å². The van der Waals surface area contributed by atoms with Gasteiger partial charge in [0.2, 0.25) is 0 Å². The maximum absolute atomic E-state index is 14.4. The van der Waals surface area contributed by atoms with Gasteiger partial charge in [0, 0.05) is 12.3 Å². The molecule has 2 heterocycles. The number of rotatable bonds is 2. The van der Waals surface area contributed by atoms with Gasteiger partial charge in [-0.3, -0.25) is 9.22 Å². The molecule has 0 saturated carbocycles. The SMILES string of the molecule is C=[O+]C(=O)C(C)(O)C#Cc1cc2c(cc1F)OCCn1cc(C(N)=O)nc1-2. The van der Waals surface area contributed by atoms with Crippen LogP contribution in [0.1, 0.15) is 23.0 Å². The Bertz CT molecular complexity index is 1030. The number of carbonyl (C=O) groups is 2. The topological polar surface area (TPSA) is 119 Å². The predicted octanol–water partition coefficient (Wildman–Crippen LogP) is 0.174. The van der Waals surface area contributed by atoms with Gasteiger partial charge in [0.15, 0.2) is 6.79 Å². The van der Waals surface area contributed by atoms with E-state index >= 15 is 0 Å². The van der Waals surface area contributed by atoms with E-state index in [1.807, 2.05) is 0 Å². The number of amides is 1. The molecule has 1 amide bonds. The Kier molecular flexibility index (Phi) is 4.51. The molecule has 0 bridgehead atoms. The standard InChI is InChI=1S/C18H14FN3O5/c1-18(25,17(24)26-2)4-3-10-7-11-14(8-12(10)19)27-6-5-22-9-13(15(20)23)21-16(11)22/h7-9,25H,2,5-6H2,1H3,(H-,20,23)/p+1. The molecular formula is C18H15FN3O5+. The van der Waals surface area contributed by atoms with E-state index in [-0.39, 0.29) is 23.6 Å². The van der Waals surface area contributed by atoms with Gasteiger partial charge in [0.25, 0.3) is 11.5 Å². The van der Waals surface area contributed by atoms with Crippen molar-refractivity contribution < 1.29 is 28.2 Å². The molecule has 3 N–H and O–H groups in total. The fourth-order valence-electron chi connectivity index (χ4n) is 2.50. The number of ether oxygens (including phenoxy) is 1. The van der Waals surface area contributed by atoms with Gasteiger partial charge in [-0.25, -0.2) is 9.37 Å². The van der Waals surface area contributed by atoms with E-state index in [0.29, 0.717) is 17.9 Å². The fourth-order valence-corrected chi connectivity index (χ4v) is 2.50.